The summed E-state index contributed by atoms with van der Waals surface area (Å²) in [5.74, 6) is 0.00101. The van der Waals surface area contributed by atoms with Crippen LogP contribution < -0.4 is 0 Å². The molecule has 0 saturated heterocycles. The second-order valence-electron chi connectivity index (χ2n) is 5.19. The van der Waals surface area contributed by atoms with Crippen LogP contribution in [0, 0.1) is 0 Å². The van der Waals surface area contributed by atoms with E-state index in [4.69, 9.17) is 27.9 Å². The molecule has 6 heteroatoms. The number of aromatic nitrogens is 2. The van der Waals surface area contributed by atoms with Gasteiger partial charge in [0, 0.05) is 22.4 Å². The van der Waals surface area contributed by atoms with Crippen molar-refractivity contribution in [1.29, 1.82) is 0 Å². The fourth-order valence-corrected chi connectivity index (χ4v) is 3.05. The zero-order valence-corrected chi connectivity index (χ0v) is 14.3. The van der Waals surface area contributed by atoms with Crippen molar-refractivity contribution in [2.75, 3.05) is 7.11 Å². The summed E-state index contributed by atoms with van der Waals surface area (Å²) in [5, 5.41) is 1.15. The number of imidazole rings is 1. The predicted molar refractivity (Wildman–Crippen MR) is 93.4 cm³/mol. The second kappa shape index (κ2) is 6.67. The van der Waals surface area contributed by atoms with Crippen molar-refractivity contribution in [3.8, 4) is 0 Å². The average molecular weight is 361 g/mol. The van der Waals surface area contributed by atoms with Crippen LogP contribution in [0.4, 0.5) is 0 Å². The van der Waals surface area contributed by atoms with Gasteiger partial charge in [-0.25, -0.2) is 4.98 Å². The van der Waals surface area contributed by atoms with Crippen LogP contribution >= 0.6 is 23.2 Å². The van der Waals surface area contributed by atoms with Crippen LogP contribution in [-0.4, -0.2) is 23.0 Å². The Kier molecular flexibility index (Phi) is 4.60. The molecule has 0 unspecified atom stereocenters. The van der Waals surface area contributed by atoms with Gasteiger partial charge in [-0.2, -0.15) is 0 Å². The second-order valence-corrected chi connectivity index (χ2v) is 6.07. The number of esters is 1. The van der Waals surface area contributed by atoms with Gasteiger partial charge in [0.2, 0.25) is 0 Å². The fourth-order valence-electron chi connectivity index (χ4n) is 2.80. The number of carbonyl (C=O) groups is 1. The molecular formula is C18H14Cl2N2O2. The van der Waals surface area contributed by atoms with Gasteiger partial charge in [0.1, 0.15) is 5.82 Å². The van der Waals surface area contributed by atoms with Gasteiger partial charge in [0.05, 0.1) is 7.11 Å². The Labute approximate surface area is 149 Å². The van der Waals surface area contributed by atoms with E-state index in [9.17, 15) is 4.79 Å². The first-order valence-corrected chi connectivity index (χ1v) is 7.95. The summed E-state index contributed by atoms with van der Waals surface area (Å²) < 4.78 is 5.14. The van der Waals surface area contributed by atoms with Gasteiger partial charge < -0.3 is 9.72 Å². The first-order valence-electron chi connectivity index (χ1n) is 7.19. The number of H-pyrrole nitrogens is 1. The Morgan fingerprint density at radius 1 is 1.00 bits per heavy atom. The number of hydrogen-bond donors (Lipinski definition) is 1. The molecule has 3 rings (SSSR count). The van der Waals surface area contributed by atoms with E-state index in [1.54, 1.807) is 60.9 Å². The molecule has 3 aromatic rings. The minimum Gasteiger partial charge on any atom is -0.468 e. The summed E-state index contributed by atoms with van der Waals surface area (Å²) >= 11 is 12.0. The predicted octanol–water partition coefficient (Wildman–Crippen LogP) is 4.22. The molecule has 0 radical (unpaired) electrons. The molecule has 122 valence electrons. The highest BCUT2D eigenvalue weighted by Gasteiger charge is 2.47. The van der Waals surface area contributed by atoms with Crippen LogP contribution in [0.15, 0.2) is 60.9 Å². The lowest BCUT2D eigenvalue weighted by Gasteiger charge is -2.30. The van der Waals surface area contributed by atoms with Crippen molar-refractivity contribution in [2.24, 2.45) is 0 Å². The number of rotatable bonds is 4. The quantitative estimate of drug-likeness (QED) is 0.708. The zero-order chi connectivity index (χ0) is 17.2. The SMILES string of the molecule is COC(=O)C(c1ccc(Cl)cc1)(c1ccc(Cl)cc1)c1ncc[nH]1. The lowest BCUT2D eigenvalue weighted by molar-refractivity contribution is -0.144. The fraction of sp³-hybridized carbons (Fsp3) is 0.111. The van der Waals surface area contributed by atoms with E-state index in [0.29, 0.717) is 27.0 Å². The number of hydrogen-bond acceptors (Lipinski definition) is 3. The number of halogens is 2. The lowest BCUT2D eigenvalue weighted by Crippen LogP contribution is -2.40. The lowest BCUT2D eigenvalue weighted by atomic mass is 9.73. The highest BCUT2D eigenvalue weighted by Crippen LogP contribution is 2.39. The van der Waals surface area contributed by atoms with E-state index in [1.165, 1.54) is 7.11 Å². The summed E-state index contributed by atoms with van der Waals surface area (Å²) in [6.07, 6.45) is 3.26. The van der Waals surface area contributed by atoms with E-state index in [-0.39, 0.29) is 0 Å². The Morgan fingerprint density at radius 3 is 1.88 bits per heavy atom. The van der Waals surface area contributed by atoms with E-state index in [1.807, 2.05) is 0 Å². The summed E-state index contributed by atoms with van der Waals surface area (Å²) in [6, 6.07) is 14.1. The summed E-state index contributed by atoms with van der Waals surface area (Å²) in [4.78, 5) is 20.3. The Bertz CT molecular complexity index is 783. The summed E-state index contributed by atoms with van der Waals surface area (Å²) in [7, 11) is 1.35. The van der Waals surface area contributed by atoms with E-state index < -0.39 is 11.4 Å². The molecule has 1 N–H and O–H groups in total. The number of methoxy groups -OCH3 is 1. The number of ether oxygens (including phenoxy) is 1. The van der Waals surface area contributed by atoms with Gasteiger partial charge in [-0.05, 0) is 35.4 Å². The number of aromatic amines is 1. The molecule has 0 spiro atoms. The van der Waals surface area contributed by atoms with Crippen molar-refractivity contribution in [3.05, 3.63) is 87.9 Å². The number of nitrogens with one attached hydrogen (secondary N) is 1. The van der Waals surface area contributed by atoms with Crippen molar-refractivity contribution in [2.45, 2.75) is 5.41 Å². The molecule has 0 amide bonds. The minimum absolute atomic E-state index is 0.456. The topological polar surface area (TPSA) is 55.0 Å². The summed E-state index contributed by atoms with van der Waals surface area (Å²) in [6.45, 7) is 0. The number of benzene rings is 2. The Morgan fingerprint density at radius 2 is 1.50 bits per heavy atom. The first kappa shape index (κ1) is 16.6. The molecule has 0 fully saturated rings. The van der Waals surface area contributed by atoms with Gasteiger partial charge in [0.25, 0.3) is 0 Å². The maximum absolute atomic E-state index is 13.0. The van der Waals surface area contributed by atoms with Crippen molar-refractivity contribution in [1.82, 2.24) is 9.97 Å². The molecule has 0 atom stereocenters. The number of nitrogens with zero attached hydrogens (tertiary/aromatic N) is 1. The standard InChI is InChI=1S/C18H14Cl2N2O2/c1-24-17(23)18(16-21-10-11-22-16,12-2-6-14(19)7-3-12)13-4-8-15(20)9-5-13/h2-11H,1H3,(H,21,22). The Balaban J connectivity index is 2.35. The molecule has 0 bridgehead atoms. The van der Waals surface area contributed by atoms with Crippen LogP contribution in [-0.2, 0) is 14.9 Å². The van der Waals surface area contributed by atoms with Crippen LogP contribution in [0.1, 0.15) is 17.0 Å². The van der Waals surface area contributed by atoms with Crippen LogP contribution in [0.3, 0.4) is 0 Å². The number of carbonyl (C=O) groups excluding carboxylic acids is 1. The molecule has 0 aliphatic heterocycles. The maximum Gasteiger partial charge on any atom is 0.328 e. The van der Waals surface area contributed by atoms with Gasteiger partial charge in [-0.3, -0.25) is 4.79 Å². The van der Waals surface area contributed by atoms with Gasteiger partial charge >= 0.3 is 5.97 Å². The highest BCUT2D eigenvalue weighted by atomic mass is 35.5. The zero-order valence-electron chi connectivity index (χ0n) is 12.8. The van der Waals surface area contributed by atoms with Crippen LogP contribution in [0.5, 0.6) is 0 Å². The van der Waals surface area contributed by atoms with Gasteiger partial charge in [-0.15, -0.1) is 0 Å². The van der Waals surface area contributed by atoms with Crippen molar-refractivity contribution >= 4 is 29.2 Å². The molecule has 24 heavy (non-hydrogen) atoms. The third-order valence-corrected chi connectivity index (χ3v) is 4.40. The normalized spacial score (nSPS) is 11.3. The average Bonchev–Trinajstić information content (AvgIpc) is 3.13. The van der Waals surface area contributed by atoms with E-state index in [0.717, 1.165) is 0 Å². The van der Waals surface area contributed by atoms with Crippen molar-refractivity contribution < 1.29 is 9.53 Å². The Hall–Kier alpha value is -2.30. The molecule has 1 heterocycles. The van der Waals surface area contributed by atoms with E-state index >= 15 is 0 Å². The van der Waals surface area contributed by atoms with Crippen molar-refractivity contribution in [3.63, 3.8) is 0 Å². The maximum atomic E-state index is 13.0. The molecule has 4 nitrogen and oxygen atoms in total. The molecule has 0 aliphatic carbocycles. The molecule has 0 aliphatic rings. The van der Waals surface area contributed by atoms with Gasteiger partial charge in [0.15, 0.2) is 5.41 Å². The molecule has 2 aromatic carbocycles. The third-order valence-electron chi connectivity index (χ3n) is 3.90. The monoisotopic (exact) mass is 360 g/mol. The highest BCUT2D eigenvalue weighted by molar-refractivity contribution is 6.30. The molecule has 1 aromatic heterocycles. The molecule has 0 saturated carbocycles. The summed E-state index contributed by atoms with van der Waals surface area (Å²) in [5.41, 5.74) is 0.139. The first-order chi connectivity index (χ1) is 11.6. The minimum atomic E-state index is -1.24. The van der Waals surface area contributed by atoms with Gasteiger partial charge in [-0.1, -0.05) is 47.5 Å². The molecular weight excluding hydrogens is 347 g/mol. The van der Waals surface area contributed by atoms with Crippen LogP contribution in [0.2, 0.25) is 10.0 Å². The third kappa shape index (κ3) is 2.68. The van der Waals surface area contributed by atoms with E-state index in [2.05, 4.69) is 9.97 Å². The smallest absolute Gasteiger partial charge is 0.328 e. The van der Waals surface area contributed by atoms with Crippen LogP contribution in [0.25, 0.3) is 0 Å². The largest absolute Gasteiger partial charge is 0.468 e.